The number of nitrogens with zero attached hydrogens (tertiary/aromatic N) is 1. The Bertz CT molecular complexity index is 130. The minimum absolute atomic E-state index is 0.198. The third kappa shape index (κ3) is 5.56. The molecule has 0 bridgehead atoms. The maximum absolute atomic E-state index is 11.2. The fourth-order valence-corrected chi connectivity index (χ4v) is 1.61. The van der Waals surface area contributed by atoms with Crippen LogP contribution in [0, 0.1) is 0 Å². The first kappa shape index (κ1) is 11.3. The zero-order chi connectivity index (χ0) is 8.85. The second-order valence-electron chi connectivity index (χ2n) is 2.49. The highest BCUT2D eigenvalue weighted by molar-refractivity contribution is 9.09. The van der Waals surface area contributed by atoms with E-state index >= 15 is 0 Å². The van der Waals surface area contributed by atoms with Crippen molar-refractivity contribution in [2.75, 3.05) is 25.6 Å². The molecule has 0 aliphatic rings. The molecule has 0 aliphatic carbocycles. The highest BCUT2D eigenvalue weighted by Gasteiger charge is 2.08. The van der Waals surface area contributed by atoms with E-state index in [2.05, 4.69) is 15.9 Å². The average molecular weight is 240 g/mol. The van der Waals surface area contributed by atoms with Crippen molar-refractivity contribution in [2.45, 2.75) is 11.8 Å². The van der Waals surface area contributed by atoms with Gasteiger partial charge in [0.15, 0.2) is 0 Å². The lowest BCUT2D eigenvalue weighted by atomic mass is 10.4. The molecular weight excluding hydrogens is 226 g/mol. The Morgan fingerprint density at radius 1 is 1.73 bits per heavy atom. The van der Waals surface area contributed by atoms with E-state index < -0.39 is 0 Å². The van der Waals surface area contributed by atoms with Gasteiger partial charge in [-0.15, -0.1) is 0 Å². The van der Waals surface area contributed by atoms with Crippen molar-refractivity contribution in [3.8, 4) is 0 Å². The Labute approximate surface area is 80.8 Å². The van der Waals surface area contributed by atoms with E-state index in [1.807, 2.05) is 20.2 Å². The van der Waals surface area contributed by atoms with Crippen LogP contribution in [0.25, 0.3) is 0 Å². The van der Waals surface area contributed by atoms with Gasteiger partial charge in [-0.2, -0.15) is 11.8 Å². The van der Waals surface area contributed by atoms with Crippen molar-refractivity contribution >= 4 is 33.6 Å². The quantitative estimate of drug-likeness (QED) is 0.695. The Morgan fingerprint density at radius 3 is 2.64 bits per heavy atom. The zero-order valence-corrected chi connectivity index (χ0v) is 9.54. The molecular formula is C7H14BrNOS. The van der Waals surface area contributed by atoms with Gasteiger partial charge in [0, 0.05) is 18.4 Å². The standard InChI is InChI=1S/C7H14BrNOS/c1-6(8)4-9(2)7(10)5-11-3/h6H,4-5H2,1-3H3. The first-order valence-electron chi connectivity index (χ1n) is 3.45. The summed E-state index contributed by atoms with van der Waals surface area (Å²) in [5, 5.41) is 0. The lowest BCUT2D eigenvalue weighted by molar-refractivity contribution is -0.127. The molecule has 0 rings (SSSR count). The predicted molar refractivity (Wildman–Crippen MR) is 54.4 cm³/mol. The number of alkyl halides is 1. The van der Waals surface area contributed by atoms with Crippen LogP contribution >= 0.6 is 27.7 Å². The van der Waals surface area contributed by atoms with Gasteiger partial charge in [-0.1, -0.05) is 22.9 Å². The van der Waals surface area contributed by atoms with E-state index in [4.69, 9.17) is 0 Å². The topological polar surface area (TPSA) is 20.3 Å². The molecule has 0 saturated heterocycles. The molecule has 0 heterocycles. The number of rotatable bonds is 4. The molecule has 0 aliphatic heterocycles. The van der Waals surface area contributed by atoms with Crippen LogP contribution < -0.4 is 0 Å². The molecule has 0 N–H and O–H groups in total. The van der Waals surface area contributed by atoms with Gasteiger partial charge in [-0.25, -0.2) is 0 Å². The normalized spacial score (nSPS) is 12.7. The molecule has 11 heavy (non-hydrogen) atoms. The predicted octanol–water partition coefficient (Wildman–Crippen LogP) is 1.59. The van der Waals surface area contributed by atoms with Crippen LogP contribution in [-0.2, 0) is 4.79 Å². The van der Waals surface area contributed by atoms with Crippen molar-refractivity contribution in [3.05, 3.63) is 0 Å². The van der Waals surface area contributed by atoms with Crippen LogP contribution in [0.4, 0.5) is 0 Å². The second kappa shape index (κ2) is 5.89. The van der Waals surface area contributed by atoms with Gasteiger partial charge in [0.2, 0.25) is 5.91 Å². The zero-order valence-electron chi connectivity index (χ0n) is 7.13. The molecule has 0 aromatic rings. The Kier molecular flexibility index (Phi) is 6.05. The van der Waals surface area contributed by atoms with E-state index in [1.165, 1.54) is 0 Å². The Balaban J connectivity index is 3.64. The molecule has 0 aromatic heterocycles. The van der Waals surface area contributed by atoms with Gasteiger partial charge in [-0.3, -0.25) is 4.79 Å². The molecule has 1 amide bonds. The lowest BCUT2D eigenvalue weighted by Crippen LogP contribution is -2.32. The number of amides is 1. The van der Waals surface area contributed by atoms with Gasteiger partial charge < -0.3 is 4.90 Å². The minimum Gasteiger partial charge on any atom is -0.344 e. The van der Waals surface area contributed by atoms with Crippen molar-refractivity contribution in [1.82, 2.24) is 4.90 Å². The summed E-state index contributed by atoms with van der Waals surface area (Å²) >= 11 is 4.95. The van der Waals surface area contributed by atoms with E-state index in [-0.39, 0.29) is 5.91 Å². The summed E-state index contributed by atoms with van der Waals surface area (Å²) in [6.07, 6.45) is 1.93. The first-order chi connectivity index (χ1) is 5.07. The molecule has 0 fully saturated rings. The molecule has 1 atom stereocenters. The number of carbonyl (C=O) groups excluding carboxylic acids is 1. The number of carbonyl (C=O) groups is 1. The van der Waals surface area contributed by atoms with Gasteiger partial charge in [-0.05, 0) is 6.26 Å². The Hall–Kier alpha value is 0.300. The number of hydrogen-bond donors (Lipinski definition) is 0. The van der Waals surface area contributed by atoms with E-state index in [0.717, 1.165) is 6.54 Å². The molecule has 66 valence electrons. The monoisotopic (exact) mass is 239 g/mol. The second-order valence-corrected chi connectivity index (χ2v) is 4.92. The maximum Gasteiger partial charge on any atom is 0.232 e. The number of halogens is 1. The van der Waals surface area contributed by atoms with Gasteiger partial charge in [0.25, 0.3) is 0 Å². The molecule has 1 unspecified atom stereocenters. The van der Waals surface area contributed by atoms with Crippen LogP contribution in [-0.4, -0.2) is 41.2 Å². The summed E-state index contributed by atoms with van der Waals surface area (Å²) in [4.78, 5) is 13.3. The third-order valence-electron chi connectivity index (χ3n) is 1.22. The fourth-order valence-electron chi connectivity index (χ4n) is 0.713. The summed E-state index contributed by atoms with van der Waals surface area (Å²) in [6, 6.07) is 0. The van der Waals surface area contributed by atoms with Crippen LogP contribution in [0.5, 0.6) is 0 Å². The third-order valence-corrected chi connectivity index (χ3v) is 2.04. The molecule has 4 heteroatoms. The minimum atomic E-state index is 0.198. The molecule has 0 saturated carbocycles. The van der Waals surface area contributed by atoms with E-state index in [0.29, 0.717) is 10.6 Å². The fraction of sp³-hybridized carbons (Fsp3) is 0.857. The SMILES string of the molecule is CSCC(=O)N(C)CC(C)Br. The van der Waals surface area contributed by atoms with Crippen LogP contribution in [0.15, 0.2) is 0 Å². The van der Waals surface area contributed by atoms with Crippen molar-refractivity contribution < 1.29 is 4.79 Å². The summed E-state index contributed by atoms with van der Waals surface area (Å²) in [5.41, 5.74) is 0. The van der Waals surface area contributed by atoms with E-state index in [9.17, 15) is 4.79 Å². The van der Waals surface area contributed by atoms with E-state index in [1.54, 1.807) is 16.7 Å². The van der Waals surface area contributed by atoms with Gasteiger partial charge in [0.1, 0.15) is 0 Å². The highest BCUT2D eigenvalue weighted by atomic mass is 79.9. The molecule has 0 aromatic carbocycles. The Morgan fingerprint density at radius 2 is 2.27 bits per heavy atom. The summed E-state index contributed by atoms with van der Waals surface area (Å²) in [5.74, 6) is 0.778. The summed E-state index contributed by atoms with van der Waals surface area (Å²) in [6.45, 7) is 2.81. The largest absolute Gasteiger partial charge is 0.344 e. The van der Waals surface area contributed by atoms with Crippen LogP contribution in [0.2, 0.25) is 0 Å². The highest BCUT2D eigenvalue weighted by Crippen LogP contribution is 2.02. The van der Waals surface area contributed by atoms with Gasteiger partial charge in [0.05, 0.1) is 5.75 Å². The first-order valence-corrected chi connectivity index (χ1v) is 5.75. The maximum atomic E-state index is 11.2. The van der Waals surface area contributed by atoms with Crippen molar-refractivity contribution in [3.63, 3.8) is 0 Å². The van der Waals surface area contributed by atoms with Crippen LogP contribution in [0.1, 0.15) is 6.92 Å². The lowest BCUT2D eigenvalue weighted by Gasteiger charge is -2.17. The summed E-state index contributed by atoms with van der Waals surface area (Å²) < 4.78 is 0. The van der Waals surface area contributed by atoms with Gasteiger partial charge >= 0.3 is 0 Å². The van der Waals surface area contributed by atoms with Crippen molar-refractivity contribution in [2.24, 2.45) is 0 Å². The summed E-state index contributed by atoms with van der Waals surface area (Å²) in [7, 11) is 1.83. The molecule has 0 spiro atoms. The van der Waals surface area contributed by atoms with Crippen LogP contribution in [0.3, 0.4) is 0 Å². The number of hydrogen-bond acceptors (Lipinski definition) is 2. The molecule has 2 nitrogen and oxygen atoms in total. The average Bonchev–Trinajstić information content (AvgIpc) is 1.86. The molecule has 0 radical (unpaired) electrons. The van der Waals surface area contributed by atoms with Crippen molar-refractivity contribution in [1.29, 1.82) is 0 Å². The smallest absolute Gasteiger partial charge is 0.232 e. The number of thioether (sulfide) groups is 1.